The first-order chi connectivity index (χ1) is 21.4. The molecule has 1 heterocycles. The molecule has 0 saturated heterocycles. The van der Waals surface area contributed by atoms with Crippen molar-refractivity contribution in [3.63, 3.8) is 0 Å². The van der Waals surface area contributed by atoms with Crippen LogP contribution in [0.4, 0.5) is 32.0 Å². The number of ether oxygens (including phenoxy) is 2. The number of rotatable bonds is 8. The molecule has 4 rings (SSSR count). The number of aromatic amines is 1. The van der Waals surface area contributed by atoms with Gasteiger partial charge in [-0.3, -0.25) is 9.89 Å². The number of nitrogens with zero attached hydrogens (tertiary/aromatic N) is 2. The first-order valence-electron chi connectivity index (χ1n) is 13.4. The lowest BCUT2D eigenvalue weighted by atomic mass is 9.83. The molecule has 1 unspecified atom stereocenters. The Morgan fingerprint density at radius 1 is 0.978 bits per heavy atom. The Morgan fingerprint density at radius 3 is 2.13 bits per heavy atom. The summed E-state index contributed by atoms with van der Waals surface area (Å²) >= 11 is 0. The van der Waals surface area contributed by atoms with E-state index in [-0.39, 0.29) is 11.8 Å². The van der Waals surface area contributed by atoms with Crippen LogP contribution < -0.4 is 14.8 Å². The van der Waals surface area contributed by atoms with Crippen molar-refractivity contribution in [2.75, 3.05) is 39.7 Å². The zero-order chi connectivity index (χ0) is 34.7. The lowest BCUT2D eigenvalue weighted by Gasteiger charge is -2.25. The molecule has 3 aromatic rings. The summed E-state index contributed by atoms with van der Waals surface area (Å²) in [5, 5.41) is 24.2. The summed E-state index contributed by atoms with van der Waals surface area (Å²) in [7, 11) is 5.67. The summed E-state index contributed by atoms with van der Waals surface area (Å²) < 4.78 is 74.9. The molecule has 0 aliphatic heterocycles. The molecule has 0 spiro atoms. The molecule has 252 valence electrons. The van der Waals surface area contributed by atoms with Crippen LogP contribution in [0.25, 0.3) is 11.1 Å². The highest BCUT2D eigenvalue weighted by Crippen LogP contribution is 2.33. The average molecular weight is 663 g/mol. The third kappa shape index (κ3) is 11.9. The molecule has 1 atom stereocenters. The number of hydrogen-bond donors (Lipinski definition) is 4. The number of likely N-dealkylation sites (N-methyl/N-ethyl adjacent to an activating group) is 1. The fourth-order valence-electron chi connectivity index (χ4n) is 3.99. The zero-order valence-corrected chi connectivity index (χ0v) is 24.8. The van der Waals surface area contributed by atoms with Crippen LogP contribution in [-0.2, 0) is 27.2 Å². The maximum absolute atomic E-state index is 13.2. The number of alkyl halides is 6. The maximum Gasteiger partial charge on any atom is 0.490 e. The third-order valence-corrected chi connectivity index (χ3v) is 6.36. The van der Waals surface area contributed by atoms with E-state index in [0.717, 1.165) is 36.3 Å². The quantitative estimate of drug-likeness (QED) is 0.243. The fraction of sp³-hybridized carbons (Fsp3) is 0.379. The van der Waals surface area contributed by atoms with E-state index in [1.807, 2.05) is 50.6 Å². The van der Waals surface area contributed by atoms with Gasteiger partial charge in [-0.15, -0.1) is 0 Å². The Kier molecular flexibility index (Phi) is 13.4. The number of carboxylic acids is 2. The Balaban J connectivity index is 0.000000440. The lowest BCUT2D eigenvalue weighted by Crippen LogP contribution is -2.28. The number of carbonyl (C=O) groups is 3. The standard InChI is InChI=1S/C25H30N4O3.2C2HF3O2/c1-29(2)10-11-32-24-14-18(21-15-26-27-16-21)7-9-23(24)28-25(30)19-5-4-17-6-8-22(31-3)13-20(17)12-19;2*3-2(4,5)1(6)7/h6-9,13-16,19H,4-5,10-12H2,1-3H3,(H,26,27)(H,28,30);2*(H,6,7). The largest absolute Gasteiger partial charge is 0.497 e. The maximum atomic E-state index is 13.2. The number of hydrogen-bond acceptors (Lipinski definition) is 7. The van der Waals surface area contributed by atoms with Crippen LogP contribution in [0.1, 0.15) is 17.5 Å². The highest BCUT2D eigenvalue weighted by Gasteiger charge is 2.39. The molecule has 0 radical (unpaired) electrons. The second-order valence-corrected chi connectivity index (χ2v) is 10.0. The minimum Gasteiger partial charge on any atom is -0.497 e. The minimum absolute atomic E-state index is 0.0204. The van der Waals surface area contributed by atoms with E-state index >= 15 is 0 Å². The number of anilines is 1. The molecule has 1 amide bonds. The normalized spacial score (nSPS) is 14.1. The van der Waals surface area contributed by atoms with E-state index in [1.54, 1.807) is 13.3 Å². The van der Waals surface area contributed by atoms with Gasteiger partial charge in [-0.1, -0.05) is 12.1 Å². The number of aryl methyl sites for hydroxylation is 1. The molecule has 11 nitrogen and oxygen atoms in total. The van der Waals surface area contributed by atoms with Gasteiger partial charge in [-0.2, -0.15) is 31.4 Å². The number of fused-ring (bicyclic) bond motifs is 1. The number of halogens is 6. The van der Waals surface area contributed by atoms with Crippen molar-refractivity contribution in [1.29, 1.82) is 0 Å². The monoisotopic (exact) mass is 662 g/mol. The van der Waals surface area contributed by atoms with Crippen LogP contribution in [0.15, 0.2) is 48.8 Å². The Hall–Kier alpha value is -4.80. The zero-order valence-electron chi connectivity index (χ0n) is 24.8. The number of aliphatic carboxylic acids is 2. The van der Waals surface area contributed by atoms with Crippen LogP contribution in [0.5, 0.6) is 11.5 Å². The van der Waals surface area contributed by atoms with Crippen molar-refractivity contribution in [2.45, 2.75) is 31.6 Å². The molecule has 2 aromatic carbocycles. The second kappa shape index (κ2) is 16.5. The van der Waals surface area contributed by atoms with Gasteiger partial charge in [0.2, 0.25) is 5.91 Å². The highest BCUT2D eigenvalue weighted by atomic mass is 19.4. The number of carbonyl (C=O) groups excluding carboxylic acids is 1. The number of amides is 1. The smallest absolute Gasteiger partial charge is 0.490 e. The van der Waals surface area contributed by atoms with Gasteiger partial charge < -0.3 is 29.9 Å². The van der Waals surface area contributed by atoms with E-state index in [4.69, 9.17) is 29.3 Å². The van der Waals surface area contributed by atoms with Crippen molar-refractivity contribution in [3.05, 3.63) is 59.9 Å². The van der Waals surface area contributed by atoms with Crippen molar-refractivity contribution in [3.8, 4) is 22.6 Å². The predicted molar refractivity (Wildman–Crippen MR) is 153 cm³/mol. The summed E-state index contributed by atoms with van der Waals surface area (Å²) in [5.74, 6) is -4.09. The molecule has 46 heavy (non-hydrogen) atoms. The Morgan fingerprint density at radius 2 is 1.61 bits per heavy atom. The molecule has 0 fully saturated rings. The number of aromatic nitrogens is 2. The van der Waals surface area contributed by atoms with E-state index in [2.05, 4.69) is 26.5 Å². The number of H-pyrrole nitrogens is 1. The van der Waals surface area contributed by atoms with Crippen molar-refractivity contribution in [1.82, 2.24) is 15.1 Å². The summed E-state index contributed by atoms with van der Waals surface area (Å²) in [6, 6.07) is 12.0. The van der Waals surface area contributed by atoms with Gasteiger partial charge in [0, 0.05) is 24.2 Å². The topological polar surface area (TPSA) is 154 Å². The number of methoxy groups -OCH3 is 1. The number of nitrogens with one attached hydrogen (secondary N) is 2. The van der Waals surface area contributed by atoms with Gasteiger partial charge in [0.15, 0.2) is 0 Å². The van der Waals surface area contributed by atoms with Gasteiger partial charge in [0.05, 0.1) is 19.0 Å². The van der Waals surface area contributed by atoms with E-state index in [0.29, 0.717) is 24.5 Å². The van der Waals surface area contributed by atoms with Gasteiger partial charge in [0.1, 0.15) is 18.1 Å². The van der Waals surface area contributed by atoms with Crippen LogP contribution >= 0.6 is 0 Å². The summed E-state index contributed by atoms with van der Waals surface area (Å²) in [4.78, 5) is 33.0. The molecule has 0 saturated carbocycles. The first kappa shape index (κ1) is 37.4. The van der Waals surface area contributed by atoms with Crippen LogP contribution in [0.3, 0.4) is 0 Å². The van der Waals surface area contributed by atoms with Crippen molar-refractivity contribution >= 4 is 23.5 Å². The predicted octanol–water partition coefficient (Wildman–Crippen LogP) is 5.04. The lowest BCUT2D eigenvalue weighted by molar-refractivity contribution is -0.193. The number of carboxylic acid groups (broad SMARTS) is 2. The van der Waals surface area contributed by atoms with Gasteiger partial charge in [-0.05, 0) is 74.3 Å². The van der Waals surface area contributed by atoms with E-state index in [1.165, 1.54) is 11.1 Å². The highest BCUT2D eigenvalue weighted by molar-refractivity contribution is 5.94. The Bertz CT molecular complexity index is 1440. The molecule has 0 bridgehead atoms. The molecule has 1 aliphatic rings. The van der Waals surface area contributed by atoms with E-state index in [9.17, 15) is 31.1 Å². The van der Waals surface area contributed by atoms with Crippen molar-refractivity contribution < 1.29 is 60.4 Å². The van der Waals surface area contributed by atoms with Crippen LogP contribution in [-0.4, -0.2) is 89.9 Å². The molecular formula is C29H32F6N4O7. The Labute approximate surface area is 259 Å². The molecule has 1 aliphatic carbocycles. The third-order valence-electron chi connectivity index (χ3n) is 6.36. The van der Waals surface area contributed by atoms with Gasteiger partial charge in [-0.25, -0.2) is 9.59 Å². The summed E-state index contributed by atoms with van der Waals surface area (Å²) in [6.45, 7) is 1.31. The number of benzene rings is 2. The fourth-order valence-corrected chi connectivity index (χ4v) is 3.99. The summed E-state index contributed by atoms with van der Waals surface area (Å²) in [5.41, 5.74) is 5.13. The first-order valence-corrected chi connectivity index (χ1v) is 13.4. The molecule has 1 aromatic heterocycles. The SMILES string of the molecule is COc1ccc2c(c1)CC(C(=O)Nc1ccc(-c3cn[nH]c3)cc1OCCN(C)C)CC2.O=C(O)C(F)(F)F.O=C(O)C(F)(F)F. The van der Waals surface area contributed by atoms with Crippen molar-refractivity contribution in [2.24, 2.45) is 5.92 Å². The average Bonchev–Trinajstić information content (AvgIpc) is 3.52. The van der Waals surface area contributed by atoms with Crippen LogP contribution in [0, 0.1) is 5.92 Å². The summed E-state index contributed by atoms with van der Waals surface area (Å²) in [6.07, 6.45) is -4.13. The van der Waals surface area contributed by atoms with Gasteiger partial charge in [0.25, 0.3) is 0 Å². The minimum atomic E-state index is -5.08. The molecular weight excluding hydrogens is 630 g/mol. The molecule has 4 N–H and O–H groups in total. The molecule has 17 heteroatoms. The van der Waals surface area contributed by atoms with E-state index < -0.39 is 24.3 Å². The van der Waals surface area contributed by atoms with Gasteiger partial charge >= 0.3 is 24.3 Å². The second-order valence-electron chi connectivity index (χ2n) is 10.0. The van der Waals surface area contributed by atoms with Crippen LogP contribution in [0.2, 0.25) is 0 Å².